The van der Waals surface area contributed by atoms with Gasteiger partial charge in [-0.15, -0.1) is 0 Å². The van der Waals surface area contributed by atoms with Gasteiger partial charge in [-0.25, -0.2) is 0 Å². The minimum Gasteiger partial charge on any atom is -0.312 e. The zero-order chi connectivity index (χ0) is 14.0. The second kappa shape index (κ2) is 5.64. The van der Waals surface area contributed by atoms with Crippen LogP contribution in [0.25, 0.3) is 0 Å². The van der Waals surface area contributed by atoms with E-state index in [2.05, 4.69) is 69.3 Å². The molecule has 106 valence electrons. The zero-order valence-corrected chi connectivity index (χ0v) is 13.0. The van der Waals surface area contributed by atoms with Crippen LogP contribution in [-0.4, -0.2) is 31.6 Å². The van der Waals surface area contributed by atoms with Crippen LogP contribution in [0.4, 0.5) is 0 Å². The topological polar surface area (TPSA) is 15.3 Å². The number of hydrogen-bond acceptors (Lipinski definition) is 2. The molecule has 0 radical (unpaired) electrons. The molecule has 0 amide bonds. The van der Waals surface area contributed by atoms with E-state index in [9.17, 15) is 0 Å². The first-order valence-electron chi connectivity index (χ1n) is 7.38. The van der Waals surface area contributed by atoms with Crippen LogP contribution in [0.3, 0.4) is 0 Å². The van der Waals surface area contributed by atoms with Crippen molar-refractivity contribution in [2.45, 2.75) is 45.7 Å². The summed E-state index contributed by atoms with van der Waals surface area (Å²) in [7, 11) is 4.36. The first-order valence-corrected chi connectivity index (χ1v) is 7.38. The molecule has 0 spiro atoms. The molecular formula is C17H28N2. The van der Waals surface area contributed by atoms with E-state index >= 15 is 0 Å². The maximum absolute atomic E-state index is 3.54. The van der Waals surface area contributed by atoms with Gasteiger partial charge in [0.2, 0.25) is 0 Å². The number of fused-ring (bicyclic) bond motifs is 1. The van der Waals surface area contributed by atoms with Gasteiger partial charge in [-0.2, -0.15) is 0 Å². The van der Waals surface area contributed by atoms with Gasteiger partial charge in [-0.3, -0.25) is 0 Å². The van der Waals surface area contributed by atoms with Gasteiger partial charge in [0.15, 0.2) is 0 Å². The molecule has 0 heterocycles. The normalized spacial score (nSPS) is 23.5. The van der Waals surface area contributed by atoms with E-state index in [-0.39, 0.29) is 0 Å². The SMILES string of the molecule is CNC1c2ccccc2CCC1N(C)CC(C)(C)C. The lowest BCUT2D eigenvalue weighted by atomic mass is 9.82. The van der Waals surface area contributed by atoms with Crippen molar-refractivity contribution in [3.05, 3.63) is 35.4 Å². The molecule has 0 saturated carbocycles. The fraction of sp³-hybridized carbons (Fsp3) is 0.647. The summed E-state index contributed by atoms with van der Waals surface area (Å²) in [6.07, 6.45) is 2.45. The summed E-state index contributed by atoms with van der Waals surface area (Å²) in [6, 6.07) is 9.93. The molecule has 19 heavy (non-hydrogen) atoms. The Balaban J connectivity index is 2.20. The molecule has 2 rings (SSSR count). The van der Waals surface area contributed by atoms with E-state index in [1.54, 1.807) is 0 Å². The molecule has 1 aromatic rings. The molecule has 0 saturated heterocycles. The minimum absolute atomic E-state index is 0.351. The van der Waals surface area contributed by atoms with Gasteiger partial charge in [0.1, 0.15) is 0 Å². The second-order valence-corrected chi connectivity index (χ2v) is 7.05. The van der Waals surface area contributed by atoms with Crippen molar-refractivity contribution in [2.75, 3.05) is 20.6 Å². The Morgan fingerprint density at radius 2 is 1.95 bits per heavy atom. The van der Waals surface area contributed by atoms with Crippen molar-refractivity contribution in [3.8, 4) is 0 Å². The van der Waals surface area contributed by atoms with Crippen molar-refractivity contribution in [3.63, 3.8) is 0 Å². The Kier molecular flexibility index (Phi) is 4.32. The third kappa shape index (κ3) is 3.37. The molecule has 0 aromatic heterocycles. The first-order chi connectivity index (χ1) is 8.92. The van der Waals surface area contributed by atoms with Crippen molar-refractivity contribution in [2.24, 2.45) is 5.41 Å². The molecule has 1 aromatic carbocycles. The minimum atomic E-state index is 0.351. The maximum atomic E-state index is 3.54. The quantitative estimate of drug-likeness (QED) is 0.897. The summed E-state index contributed by atoms with van der Waals surface area (Å²) in [5, 5.41) is 3.54. The van der Waals surface area contributed by atoms with Crippen LogP contribution in [0, 0.1) is 5.41 Å². The number of rotatable bonds is 3. The number of likely N-dealkylation sites (N-methyl/N-ethyl adjacent to an activating group) is 2. The Morgan fingerprint density at radius 1 is 1.26 bits per heavy atom. The Labute approximate surface area is 118 Å². The smallest absolute Gasteiger partial charge is 0.0478 e. The summed E-state index contributed by atoms with van der Waals surface area (Å²) in [5.74, 6) is 0. The maximum Gasteiger partial charge on any atom is 0.0478 e. The summed E-state index contributed by atoms with van der Waals surface area (Å²) in [5.41, 5.74) is 3.36. The average Bonchev–Trinajstić information content (AvgIpc) is 2.35. The number of benzene rings is 1. The van der Waals surface area contributed by atoms with Crippen molar-refractivity contribution in [1.29, 1.82) is 0 Å². The third-order valence-corrected chi connectivity index (χ3v) is 4.09. The highest BCUT2D eigenvalue weighted by molar-refractivity contribution is 5.33. The average molecular weight is 260 g/mol. The van der Waals surface area contributed by atoms with E-state index < -0.39 is 0 Å². The summed E-state index contributed by atoms with van der Waals surface area (Å²) in [6.45, 7) is 8.08. The lowest BCUT2D eigenvalue weighted by Crippen LogP contribution is -2.47. The van der Waals surface area contributed by atoms with Crippen LogP contribution in [-0.2, 0) is 6.42 Å². The van der Waals surface area contributed by atoms with Gasteiger partial charge in [0, 0.05) is 18.6 Å². The molecule has 2 unspecified atom stereocenters. The molecule has 0 aliphatic heterocycles. The molecule has 0 bridgehead atoms. The lowest BCUT2D eigenvalue weighted by molar-refractivity contribution is 0.130. The molecule has 1 aliphatic carbocycles. The van der Waals surface area contributed by atoms with Crippen LogP contribution >= 0.6 is 0 Å². The summed E-state index contributed by atoms with van der Waals surface area (Å²) in [4.78, 5) is 2.54. The highest BCUT2D eigenvalue weighted by Crippen LogP contribution is 2.33. The molecule has 1 N–H and O–H groups in total. The predicted octanol–water partition coefficient (Wildman–Crippen LogP) is 3.24. The lowest BCUT2D eigenvalue weighted by Gasteiger charge is -2.41. The van der Waals surface area contributed by atoms with Crippen LogP contribution in [0.1, 0.15) is 44.4 Å². The van der Waals surface area contributed by atoms with Gasteiger partial charge in [0.25, 0.3) is 0 Å². The summed E-state index contributed by atoms with van der Waals surface area (Å²) >= 11 is 0. The fourth-order valence-corrected chi connectivity index (χ4v) is 3.43. The van der Waals surface area contributed by atoms with Gasteiger partial charge >= 0.3 is 0 Å². The van der Waals surface area contributed by atoms with Crippen LogP contribution in [0.15, 0.2) is 24.3 Å². The predicted molar refractivity (Wildman–Crippen MR) is 82.4 cm³/mol. The number of nitrogens with zero attached hydrogens (tertiary/aromatic N) is 1. The van der Waals surface area contributed by atoms with Crippen molar-refractivity contribution in [1.82, 2.24) is 10.2 Å². The van der Waals surface area contributed by atoms with Gasteiger partial charge < -0.3 is 10.2 Å². The van der Waals surface area contributed by atoms with Gasteiger partial charge in [-0.05, 0) is 43.5 Å². The van der Waals surface area contributed by atoms with Crippen molar-refractivity contribution >= 4 is 0 Å². The molecule has 2 heteroatoms. The Morgan fingerprint density at radius 3 is 2.58 bits per heavy atom. The first kappa shape index (κ1) is 14.5. The van der Waals surface area contributed by atoms with E-state index in [0.29, 0.717) is 17.5 Å². The van der Waals surface area contributed by atoms with Gasteiger partial charge in [0.05, 0.1) is 0 Å². The molecular weight excluding hydrogens is 232 g/mol. The number of nitrogens with one attached hydrogen (secondary N) is 1. The van der Waals surface area contributed by atoms with E-state index in [1.165, 1.54) is 24.0 Å². The zero-order valence-electron chi connectivity index (χ0n) is 13.0. The Bertz CT molecular complexity index is 420. The molecule has 1 aliphatic rings. The largest absolute Gasteiger partial charge is 0.312 e. The van der Waals surface area contributed by atoms with Crippen LogP contribution < -0.4 is 5.32 Å². The molecule has 2 atom stereocenters. The third-order valence-electron chi connectivity index (χ3n) is 4.09. The van der Waals surface area contributed by atoms with Crippen LogP contribution in [0.2, 0.25) is 0 Å². The standard InChI is InChI=1S/C17H28N2/c1-17(2,3)12-19(5)15-11-10-13-8-6-7-9-14(13)16(15)18-4/h6-9,15-16,18H,10-12H2,1-5H3. The van der Waals surface area contributed by atoms with Crippen LogP contribution in [0.5, 0.6) is 0 Å². The number of hydrogen-bond donors (Lipinski definition) is 1. The second-order valence-electron chi connectivity index (χ2n) is 7.05. The van der Waals surface area contributed by atoms with Crippen molar-refractivity contribution < 1.29 is 0 Å². The Hall–Kier alpha value is -0.860. The number of aryl methyl sites for hydroxylation is 1. The monoisotopic (exact) mass is 260 g/mol. The molecule has 0 fully saturated rings. The van der Waals surface area contributed by atoms with Gasteiger partial charge in [-0.1, -0.05) is 45.0 Å². The fourth-order valence-electron chi connectivity index (χ4n) is 3.43. The molecule has 2 nitrogen and oxygen atoms in total. The summed E-state index contributed by atoms with van der Waals surface area (Å²) < 4.78 is 0. The van der Waals surface area contributed by atoms with E-state index in [1.807, 2.05) is 0 Å². The van der Waals surface area contributed by atoms with E-state index in [4.69, 9.17) is 0 Å². The highest BCUT2D eigenvalue weighted by atomic mass is 15.2. The highest BCUT2D eigenvalue weighted by Gasteiger charge is 2.32. The van der Waals surface area contributed by atoms with E-state index in [0.717, 1.165) is 6.54 Å².